The van der Waals surface area contributed by atoms with Gasteiger partial charge < -0.3 is 5.11 Å². The number of hydrogen-bond donors (Lipinski definition) is 1. The van der Waals surface area contributed by atoms with E-state index in [1.54, 1.807) is 6.92 Å². The molecule has 0 radical (unpaired) electrons. The molecule has 0 aliphatic carbocycles. The highest BCUT2D eigenvalue weighted by atomic mass is 16.7. The number of nitrogens with zero attached hydrogens (tertiary/aromatic N) is 2. The zero-order chi connectivity index (χ0) is 14.6. The summed E-state index contributed by atoms with van der Waals surface area (Å²) in [6.45, 7) is 14.2. The molecule has 18 heavy (non-hydrogen) atoms. The molecule has 1 N–H and O–H groups in total. The van der Waals surface area contributed by atoms with E-state index in [-0.39, 0.29) is 17.7 Å². The Morgan fingerprint density at radius 2 is 1.50 bits per heavy atom. The predicted octanol–water partition coefficient (Wildman–Crippen LogP) is 2.87. The fourth-order valence-corrected chi connectivity index (χ4v) is 2.02. The number of aliphatic hydroxyl groups excluding tert-OH is 1. The maximum absolute atomic E-state index is 9.31. The molecule has 0 aliphatic heterocycles. The zero-order valence-electron chi connectivity index (χ0n) is 12.9. The fraction of sp³-hybridized carbons (Fsp3) is 0.929. The van der Waals surface area contributed by atoms with E-state index in [9.17, 15) is 5.26 Å². The number of hydroxylamine groups is 2. The molecule has 4 nitrogen and oxygen atoms in total. The highest BCUT2D eigenvalue weighted by Gasteiger charge is 2.39. The first-order valence-corrected chi connectivity index (χ1v) is 6.48. The monoisotopic (exact) mass is 256 g/mol. The molecule has 0 saturated carbocycles. The van der Waals surface area contributed by atoms with Gasteiger partial charge in [0.15, 0.2) is 5.60 Å². The summed E-state index contributed by atoms with van der Waals surface area (Å²) in [5, 5.41) is 20.1. The SMILES string of the molecule is CC(C#N)(CCCO)ON(C(C)(C)C)C(C)(C)C. The van der Waals surface area contributed by atoms with Gasteiger partial charge in [0.2, 0.25) is 0 Å². The first kappa shape index (κ1) is 17.4. The van der Waals surface area contributed by atoms with E-state index in [0.717, 1.165) is 0 Å². The van der Waals surface area contributed by atoms with Crippen molar-refractivity contribution in [1.82, 2.24) is 5.06 Å². The molecular formula is C14H28N2O2. The molecule has 4 heteroatoms. The summed E-state index contributed by atoms with van der Waals surface area (Å²) in [5.74, 6) is 0. The Kier molecular flexibility index (Phi) is 5.80. The van der Waals surface area contributed by atoms with Crippen LogP contribution in [0.3, 0.4) is 0 Å². The second-order valence-electron chi connectivity index (χ2n) is 6.90. The molecule has 106 valence electrons. The average Bonchev–Trinajstić information content (AvgIpc) is 2.20. The lowest BCUT2D eigenvalue weighted by Gasteiger charge is -2.46. The van der Waals surface area contributed by atoms with Gasteiger partial charge in [-0.25, -0.2) is 0 Å². The topological polar surface area (TPSA) is 56.5 Å². The minimum absolute atomic E-state index is 0.0751. The lowest BCUT2D eigenvalue weighted by molar-refractivity contribution is -0.302. The molecule has 1 atom stereocenters. The van der Waals surface area contributed by atoms with Crippen LogP contribution in [0.15, 0.2) is 0 Å². The fourth-order valence-electron chi connectivity index (χ4n) is 2.02. The second kappa shape index (κ2) is 6.01. The Morgan fingerprint density at radius 3 is 1.78 bits per heavy atom. The Morgan fingerprint density at radius 1 is 1.06 bits per heavy atom. The van der Waals surface area contributed by atoms with Gasteiger partial charge in [0.05, 0.1) is 6.07 Å². The lowest BCUT2D eigenvalue weighted by Crippen LogP contribution is -2.56. The summed E-state index contributed by atoms with van der Waals surface area (Å²) in [5.41, 5.74) is -1.30. The van der Waals surface area contributed by atoms with Crippen molar-refractivity contribution in [1.29, 1.82) is 5.26 Å². The molecule has 1 unspecified atom stereocenters. The minimum Gasteiger partial charge on any atom is -0.396 e. The molecule has 0 amide bonds. The number of aliphatic hydroxyl groups is 1. The molecule has 0 aromatic heterocycles. The maximum Gasteiger partial charge on any atom is 0.173 e. The normalized spacial score (nSPS) is 16.4. The summed E-state index contributed by atoms with van der Waals surface area (Å²) in [7, 11) is 0. The second-order valence-corrected chi connectivity index (χ2v) is 6.90. The van der Waals surface area contributed by atoms with Gasteiger partial charge in [-0.05, 0) is 61.3 Å². The summed E-state index contributed by atoms with van der Waals surface area (Å²) in [4.78, 5) is 5.98. The van der Waals surface area contributed by atoms with Crippen molar-refractivity contribution in [3.05, 3.63) is 0 Å². The molecule has 0 aromatic rings. The van der Waals surface area contributed by atoms with Gasteiger partial charge in [-0.15, -0.1) is 0 Å². The number of nitriles is 1. The van der Waals surface area contributed by atoms with Gasteiger partial charge in [0.1, 0.15) is 0 Å². The molecule has 0 bridgehead atoms. The highest BCUT2D eigenvalue weighted by Crippen LogP contribution is 2.30. The minimum atomic E-state index is -0.900. The Bertz CT molecular complexity index is 282. The van der Waals surface area contributed by atoms with Crippen molar-refractivity contribution in [2.24, 2.45) is 0 Å². The Balaban J connectivity index is 5.03. The van der Waals surface area contributed by atoms with Gasteiger partial charge in [-0.1, -0.05) is 0 Å². The largest absolute Gasteiger partial charge is 0.396 e. The highest BCUT2D eigenvalue weighted by molar-refractivity contribution is 4.99. The Hall–Kier alpha value is -0.630. The van der Waals surface area contributed by atoms with E-state index in [0.29, 0.717) is 12.8 Å². The summed E-state index contributed by atoms with van der Waals surface area (Å²) in [6.07, 6.45) is 1.08. The Labute approximate surface area is 111 Å². The number of rotatable bonds is 5. The molecule has 0 saturated heterocycles. The predicted molar refractivity (Wildman–Crippen MR) is 72.8 cm³/mol. The van der Waals surface area contributed by atoms with E-state index in [1.807, 2.05) is 5.06 Å². The van der Waals surface area contributed by atoms with Crippen molar-refractivity contribution >= 4 is 0 Å². The van der Waals surface area contributed by atoms with Crippen LogP contribution in [0.5, 0.6) is 0 Å². The summed E-state index contributed by atoms with van der Waals surface area (Å²) >= 11 is 0. The first-order valence-electron chi connectivity index (χ1n) is 6.48. The van der Waals surface area contributed by atoms with Crippen LogP contribution >= 0.6 is 0 Å². The average molecular weight is 256 g/mol. The molecule has 0 spiro atoms. The quantitative estimate of drug-likeness (QED) is 0.768. The molecule has 0 aromatic carbocycles. The lowest BCUT2D eigenvalue weighted by atomic mass is 9.98. The van der Waals surface area contributed by atoms with Crippen molar-refractivity contribution in [2.45, 2.75) is 78.0 Å². The van der Waals surface area contributed by atoms with Crippen molar-refractivity contribution < 1.29 is 9.94 Å². The van der Waals surface area contributed by atoms with E-state index in [2.05, 4.69) is 47.6 Å². The van der Waals surface area contributed by atoms with Crippen molar-refractivity contribution in [2.75, 3.05) is 6.61 Å². The molecular weight excluding hydrogens is 228 g/mol. The molecule has 0 aliphatic rings. The number of hydrogen-bond acceptors (Lipinski definition) is 4. The molecule has 0 rings (SSSR count). The third kappa shape index (κ3) is 5.34. The van der Waals surface area contributed by atoms with Crippen LogP contribution in [-0.2, 0) is 4.84 Å². The van der Waals surface area contributed by atoms with Crippen molar-refractivity contribution in [3.8, 4) is 6.07 Å². The smallest absolute Gasteiger partial charge is 0.173 e. The van der Waals surface area contributed by atoms with Gasteiger partial charge in [0, 0.05) is 17.7 Å². The van der Waals surface area contributed by atoms with Crippen LogP contribution < -0.4 is 0 Å². The third-order valence-corrected chi connectivity index (χ3v) is 2.56. The van der Waals surface area contributed by atoms with Crippen LogP contribution in [0, 0.1) is 11.3 Å². The summed E-state index contributed by atoms with van der Waals surface area (Å²) < 4.78 is 0. The molecule has 0 fully saturated rings. The third-order valence-electron chi connectivity index (χ3n) is 2.56. The standard InChI is InChI=1S/C14H28N2O2/c1-12(2,3)16(13(4,5)6)18-14(7,11-15)9-8-10-17/h17H,8-10H2,1-7H3. The van der Waals surface area contributed by atoms with Gasteiger partial charge in [-0.2, -0.15) is 10.3 Å². The van der Waals surface area contributed by atoms with Crippen LogP contribution in [0.2, 0.25) is 0 Å². The summed E-state index contributed by atoms with van der Waals surface area (Å²) in [6, 6.07) is 2.21. The van der Waals surface area contributed by atoms with Crippen LogP contribution in [-0.4, -0.2) is 33.5 Å². The van der Waals surface area contributed by atoms with Gasteiger partial charge in [0.25, 0.3) is 0 Å². The zero-order valence-corrected chi connectivity index (χ0v) is 12.9. The molecule has 0 heterocycles. The van der Waals surface area contributed by atoms with Gasteiger partial charge >= 0.3 is 0 Å². The van der Waals surface area contributed by atoms with Crippen molar-refractivity contribution in [3.63, 3.8) is 0 Å². The van der Waals surface area contributed by atoms with E-state index in [4.69, 9.17) is 9.94 Å². The van der Waals surface area contributed by atoms with Gasteiger partial charge in [-0.3, -0.25) is 4.84 Å². The maximum atomic E-state index is 9.31. The van der Waals surface area contributed by atoms with E-state index < -0.39 is 5.60 Å². The van der Waals surface area contributed by atoms with E-state index >= 15 is 0 Å². The first-order chi connectivity index (χ1) is 7.96. The van der Waals surface area contributed by atoms with Crippen LogP contribution in [0.1, 0.15) is 61.3 Å². The van der Waals surface area contributed by atoms with Crippen LogP contribution in [0.25, 0.3) is 0 Å². The van der Waals surface area contributed by atoms with E-state index in [1.165, 1.54) is 0 Å². The van der Waals surface area contributed by atoms with Crippen LogP contribution in [0.4, 0.5) is 0 Å².